The molecule has 0 aliphatic heterocycles. The summed E-state index contributed by atoms with van der Waals surface area (Å²) in [6, 6.07) is 3.42. The normalized spacial score (nSPS) is 10.2. The molecule has 0 aromatic carbocycles. The van der Waals surface area contributed by atoms with Crippen molar-refractivity contribution in [2.75, 3.05) is 7.11 Å². The number of rotatable bonds is 2. The minimum atomic E-state index is -0.525. The molecule has 0 radical (unpaired) electrons. The third kappa shape index (κ3) is 2.83. The van der Waals surface area contributed by atoms with Gasteiger partial charge in [-0.05, 0) is 28.1 Å². The van der Waals surface area contributed by atoms with Gasteiger partial charge in [0.15, 0.2) is 5.69 Å². The summed E-state index contributed by atoms with van der Waals surface area (Å²) < 4.78 is 5.14. The van der Waals surface area contributed by atoms with E-state index in [-0.39, 0.29) is 5.69 Å². The Morgan fingerprint density at radius 1 is 1.33 bits per heavy atom. The molecular weight excluding hydrogens is 321 g/mol. The molecule has 0 N–H and O–H groups in total. The summed E-state index contributed by atoms with van der Waals surface area (Å²) in [6.07, 6.45) is 2.83. The molecule has 2 aromatic rings. The van der Waals surface area contributed by atoms with Gasteiger partial charge in [-0.3, -0.25) is 4.98 Å². The first-order valence-electron chi connectivity index (χ1n) is 4.84. The maximum atomic E-state index is 11.2. The van der Waals surface area contributed by atoms with E-state index in [4.69, 9.17) is 11.6 Å². The van der Waals surface area contributed by atoms with E-state index < -0.39 is 5.97 Å². The van der Waals surface area contributed by atoms with Crippen LogP contribution in [0.15, 0.2) is 29.1 Å². The van der Waals surface area contributed by atoms with E-state index in [0.29, 0.717) is 15.5 Å². The Bertz CT molecular complexity index is 569. The molecule has 0 spiro atoms. The van der Waals surface area contributed by atoms with Gasteiger partial charge >= 0.3 is 5.97 Å². The first-order chi connectivity index (χ1) is 8.60. The van der Waals surface area contributed by atoms with Gasteiger partial charge < -0.3 is 4.74 Å². The maximum Gasteiger partial charge on any atom is 0.358 e. The van der Waals surface area contributed by atoms with Gasteiger partial charge in [-0.25, -0.2) is 14.8 Å². The fourth-order valence-electron chi connectivity index (χ4n) is 1.30. The predicted octanol–water partition coefficient (Wildman–Crippen LogP) is 2.74. The molecule has 0 saturated carbocycles. The molecule has 0 amide bonds. The largest absolute Gasteiger partial charge is 0.464 e. The van der Waals surface area contributed by atoms with Crippen LogP contribution in [0.5, 0.6) is 0 Å². The van der Waals surface area contributed by atoms with Gasteiger partial charge in [-0.15, -0.1) is 0 Å². The van der Waals surface area contributed by atoms with Crippen LogP contribution < -0.4 is 0 Å². The summed E-state index contributed by atoms with van der Waals surface area (Å²) in [7, 11) is 1.29. The Hall–Kier alpha value is -1.53. The van der Waals surface area contributed by atoms with E-state index >= 15 is 0 Å². The fraction of sp³-hybridized carbons (Fsp3) is 0.0909. The van der Waals surface area contributed by atoms with Crippen molar-refractivity contribution < 1.29 is 9.53 Å². The smallest absolute Gasteiger partial charge is 0.358 e. The van der Waals surface area contributed by atoms with E-state index in [1.165, 1.54) is 19.5 Å². The Labute approximate surface area is 116 Å². The number of esters is 1. The highest BCUT2D eigenvalue weighted by atomic mass is 79.9. The van der Waals surface area contributed by atoms with E-state index in [1.807, 2.05) is 0 Å². The third-order valence-corrected chi connectivity index (χ3v) is 2.70. The van der Waals surface area contributed by atoms with Crippen molar-refractivity contribution in [3.8, 4) is 11.3 Å². The summed E-state index contributed by atoms with van der Waals surface area (Å²) in [6.45, 7) is 0. The Morgan fingerprint density at radius 3 is 2.67 bits per heavy atom. The Kier molecular flexibility index (Phi) is 3.88. The zero-order valence-electron chi connectivity index (χ0n) is 9.22. The minimum absolute atomic E-state index is 0.153. The van der Waals surface area contributed by atoms with Crippen molar-refractivity contribution in [1.29, 1.82) is 0 Å². The SMILES string of the molecule is COC(=O)c1cnc(-c2cc(Cl)nc(Br)c2)cn1. The van der Waals surface area contributed by atoms with Crippen LogP contribution in [0.25, 0.3) is 11.3 Å². The second-order valence-electron chi connectivity index (χ2n) is 3.28. The first kappa shape index (κ1) is 12.9. The summed E-state index contributed by atoms with van der Waals surface area (Å²) in [5.74, 6) is -0.525. The average Bonchev–Trinajstić information content (AvgIpc) is 2.37. The lowest BCUT2D eigenvalue weighted by Crippen LogP contribution is -2.04. The van der Waals surface area contributed by atoms with E-state index in [1.54, 1.807) is 12.1 Å². The van der Waals surface area contributed by atoms with Crippen LogP contribution >= 0.6 is 27.5 Å². The number of methoxy groups -OCH3 is 1. The van der Waals surface area contributed by atoms with Crippen molar-refractivity contribution in [3.63, 3.8) is 0 Å². The standard InChI is InChI=1S/C11H7BrClN3O2/c1-18-11(17)8-5-14-7(4-15-8)6-2-9(12)16-10(13)3-6/h2-5H,1H3. The van der Waals surface area contributed by atoms with Gasteiger partial charge in [0, 0.05) is 5.56 Å². The number of halogens is 2. The lowest BCUT2D eigenvalue weighted by molar-refractivity contribution is 0.0593. The number of carbonyl (C=O) groups is 1. The van der Waals surface area contributed by atoms with Crippen molar-refractivity contribution in [2.24, 2.45) is 0 Å². The number of carbonyl (C=O) groups excluding carboxylic acids is 1. The fourth-order valence-corrected chi connectivity index (χ4v) is 2.05. The molecule has 0 aliphatic carbocycles. The van der Waals surface area contributed by atoms with Gasteiger partial charge in [-0.1, -0.05) is 11.6 Å². The highest BCUT2D eigenvalue weighted by Crippen LogP contribution is 2.22. The molecule has 0 saturated heterocycles. The second kappa shape index (κ2) is 5.41. The summed E-state index contributed by atoms with van der Waals surface area (Å²) in [5.41, 5.74) is 1.50. The van der Waals surface area contributed by atoms with Crippen LogP contribution in [0.1, 0.15) is 10.5 Å². The molecule has 0 fully saturated rings. The van der Waals surface area contributed by atoms with E-state index in [0.717, 1.165) is 5.56 Å². The van der Waals surface area contributed by atoms with Crippen LogP contribution in [0.2, 0.25) is 5.15 Å². The van der Waals surface area contributed by atoms with Crippen LogP contribution in [0.3, 0.4) is 0 Å². The number of ether oxygens (including phenoxy) is 1. The van der Waals surface area contributed by atoms with Gasteiger partial charge in [0.05, 0.1) is 25.2 Å². The number of aromatic nitrogens is 3. The maximum absolute atomic E-state index is 11.2. The lowest BCUT2D eigenvalue weighted by Gasteiger charge is -2.03. The summed E-state index contributed by atoms with van der Waals surface area (Å²) in [4.78, 5) is 23.3. The zero-order valence-corrected chi connectivity index (χ0v) is 11.6. The molecule has 2 heterocycles. The summed E-state index contributed by atoms with van der Waals surface area (Å²) >= 11 is 9.08. The highest BCUT2D eigenvalue weighted by molar-refractivity contribution is 9.10. The number of pyridine rings is 1. The first-order valence-corrected chi connectivity index (χ1v) is 6.01. The third-order valence-electron chi connectivity index (χ3n) is 2.10. The van der Waals surface area contributed by atoms with Crippen LogP contribution in [-0.4, -0.2) is 28.0 Å². The summed E-state index contributed by atoms with van der Waals surface area (Å²) in [5, 5.41) is 0.346. The monoisotopic (exact) mass is 327 g/mol. The molecule has 7 heteroatoms. The van der Waals surface area contributed by atoms with E-state index in [2.05, 4.69) is 35.6 Å². The minimum Gasteiger partial charge on any atom is -0.464 e. The van der Waals surface area contributed by atoms with Gasteiger partial charge in [-0.2, -0.15) is 0 Å². The van der Waals surface area contributed by atoms with Crippen LogP contribution in [0.4, 0.5) is 0 Å². The Morgan fingerprint density at radius 2 is 2.11 bits per heavy atom. The molecule has 5 nitrogen and oxygen atoms in total. The van der Waals surface area contributed by atoms with Crippen molar-refractivity contribution in [1.82, 2.24) is 15.0 Å². The molecule has 0 unspecified atom stereocenters. The molecule has 0 bridgehead atoms. The highest BCUT2D eigenvalue weighted by Gasteiger charge is 2.09. The van der Waals surface area contributed by atoms with Gasteiger partial charge in [0.1, 0.15) is 9.76 Å². The number of hydrogen-bond donors (Lipinski definition) is 0. The second-order valence-corrected chi connectivity index (χ2v) is 4.48. The molecule has 0 aliphatic rings. The topological polar surface area (TPSA) is 65.0 Å². The van der Waals surface area contributed by atoms with Gasteiger partial charge in [0.25, 0.3) is 0 Å². The lowest BCUT2D eigenvalue weighted by atomic mass is 10.2. The Balaban J connectivity index is 2.37. The molecule has 0 atom stereocenters. The quantitative estimate of drug-likeness (QED) is 0.626. The van der Waals surface area contributed by atoms with Gasteiger partial charge in [0.2, 0.25) is 0 Å². The van der Waals surface area contributed by atoms with Crippen molar-refractivity contribution in [2.45, 2.75) is 0 Å². The zero-order chi connectivity index (χ0) is 13.1. The number of nitrogens with zero attached hydrogens (tertiary/aromatic N) is 3. The predicted molar refractivity (Wildman–Crippen MR) is 69.3 cm³/mol. The molecule has 2 rings (SSSR count). The molecule has 2 aromatic heterocycles. The average molecular weight is 329 g/mol. The van der Waals surface area contributed by atoms with Crippen LogP contribution in [-0.2, 0) is 4.74 Å². The number of hydrogen-bond acceptors (Lipinski definition) is 5. The van der Waals surface area contributed by atoms with Crippen LogP contribution in [0, 0.1) is 0 Å². The molecule has 92 valence electrons. The van der Waals surface area contributed by atoms with Crippen molar-refractivity contribution >= 4 is 33.5 Å². The van der Waals surface area contributed by atoms with E-state index in [9.17, 15) is 4.79 Å². The molecular formula is C11H7BrClN3O2. The van der Waals surface area contributed by atoms with Crippen molar-refractivity contribution in [3.05, 3.63) is 40.0 Å². The molecule has 18 heavy (non-hydrogen) atoms.